The average Bonchev–Trinajstić information content (AvgIpc) is 2.93. The van der Waals surface area contributed by atoms with Gasteiger partial charge in [0.05, 0.1) is 22.7 Å². The lowest BCUT2D eigenvalue weighted by Crippen LogP contribution is -2.09. The topological polar surface area (TPSA) is 64.1 Å². The van der Waals surface area contributed by atoms with Crippen molar-refractivity contribution >= 4 is 50.6 Å². The molecule has 5 nitrogen and oxygen atoms in total. The molecule has 0 aliphatic rings. The van der Waals surface area contributed by atoms with Crippen molar-refractivity contribution in [2.45, 2.75) is 34.6 Å². The molecule has 1 N–H and O–H groups in total. The van der Waals surface area contributed by atoms with E-state index in [1.165, 1.54) is 17.7 Å². The number of aromatic nitrogens is 2. The summed E-state index contributed by atoms with van der Waals surface area (Å²) in [5.41, 5.74) is 3.73. The Hall–Kier alpha value is -2.18. The number of hydrogen-bond acceptors (Lipinski definition) is 6. The van der Waals surface area contributed by atoms with Crippen LogP contribution >= 0.6 is 22.9 Å². The predicted octanol–water partition coefficient (Wildman–Crippen LogP) is 5.83. The molecule has 2 aromatic heterocycles. The minimum Gasteiger partial charge on any atom is -0.461 e. The summed E-state index contributed by atoms with van der Waals surface area (Å²) in [7, 11) is 0. The van der Waals surface area contributed by atoms with E-state index in [2.05, 4.69) is 21.4 Å². The Bertz CT molecular complexity index is 991. The molecular formula is C20H22ClN3O2S. The Balaban J connectivity index is 2.02. The van der Waals surface area contributed by atoms with Gasteiger partial charge < -0.3 is 10.1 Å². The highest BCUT2D eigenvalue weighted by molar-refractivity contribution is 7.20. The fourth-order valence-corrected chi connectivity index (χ4v) is 4.27. The highest BCUT2D eigenvalue weighted by Crippen LogP contribution is 2.37. The smallest absolute Gasteiger partial charge is 0.348 e. The van der Waals surface area contributed by atoms with Crippen LogP contribution in [0.4, 0.5) is 11.5 Å². The Labute approximate surface area is 167 Å². The molecule has 0 radical (unpaired) electrons. The zero-order valence-electron chi connectivity index (χ0n) is 16.0. The maximum absolute atomic E-state index is 12.5. The summed E-state index contributed by atoms with van der Waals surface area (Å²) in [6.07, 6.45) is 1.49. The fourth-order valence-electron chi connectivity index (χ4n) is 2.86. The first-order chi connectivity index (χ1) is 12.8. The van der Waals surface area contributed by atoms with Crippen molar-refractivity contribution in [2.24, 2.45) is 5.92 Å². The molecule has 142 valence electrons. The average molecular weight is 404 g/mol. The van der Waals surface area contributed by atoms with Crippen molar-refractivity contribution in [3.63, 3.8) is 0 Å². The maximum Gasteiger partial charge on any atom is 0.348 e. The molecule has 3 rings (SSSR count). The molecule has 0 aliphatic carbocycles. The van der Waals surface area contributed by atoms with Crippen LogP contribution in [0, 0.1) is 26.7 Å². The lowest BCUT2D eigenvalue weighted by atomic mass is 10.1. The van der Waals surface area contributed by atoms with Crippen LogP contribution in [0.15, 0.2) is 18.5 Å². The first-order valence-electron chi connectivity index (χ1n) is 8.73. The number of rotatable bonds is 5. The molecular weight excluding hydrogens is 382 g/mol. The van der Waals surface area contributed by atoms with Crippen molar-refractivity contribution < 1.29 is 9.53 Å². The number of carbonyl (C=O) groups excluding carboxylic acids is 1. The van der Waals surface area contributed by atoms with E-state index in [0.29, 0.717) is 22.3 Å². The molecule has 0 unspecified atom stereocenters. The standard InChI is InChI=1S/C20H22ClN3O2S/c1-10(2)8-26-20(25)17-13(5)15-18(22-9-23-19(15)27-17)24-16-12(4)6-11(3)7-14(16)21/h6-7,9-10H,8H2,1-5H3,(H,22,23,24). The van der Waals surface area contributed by atoms with Gasteiger partial charge in [0.15, 0.2) is 0 Å². The van der Waals surface area contributed by atoms with E-state index in [9.17, 15) is 4.79 Å². The summed E-state index contributed by atoms with van der Waals surface area (Å²) in [5.74, 6) is 0.595. The summed E-state index contributed by atoms with van der Waals surface area (Å²) in [6.45, 7) is 10.3. The summed E-state index contributed by atoms with van der Waals surface area (Å²) >= 11 is 7.75. The number of ether oxygens (including phenoxy) is 1. The van der Waals surface area contributed by atoms with E-state index >= 15 is 0 Å². The second kappa shape index (κ2) is 7.82. The second-order valence-electron chi connectivity index (χ2n) is 7.01. The SMILES string of the molecule is Cc1cc(C)c(Nc2ncnc3sc(C(=O)OCC(C)C)c(C)c23)c(Cl)c1. The van der Waals surface area contributed by atoms with Crippen LogP contribution in [-0.2, 0) is 4.74 Å². The van der Waals surface area contributed by atoms with E-state index in [-0.39, 0.29) is 11.9 Å². The maximum atomic E-state index is 12.5. The summed E-state index contributed by atoms with van der Waals surface area (Å²) in [4.78, 5) is 22.5. The number of benzene rings is 1. The normalized spacial score (nSPS) is 11.2. The number of aryl methyl sites for hydroxylation is 3. The predicted molar refractivity (Wildman–Crippen MR) is 111 cm³/mol. The zero-order chi connectivity index (χ0) is 19.7. The number of nitrogens with one attached hydrogen (secondary N) is 1. The van der Waals surface area contributed by atoms with Crippen LogP contribution in [0.3, 0.4) is 0 Å². The molecule has 7 heteroatoms. The van der Waals surface area contributed by atoms with Crippen molar-refractivity contribution in [3.8, 4) is 0 Å². The van der Waals surface area contributed by atoms with E-state index in [1.54, 1.807) is 0 Å². The third-order valence-corrected chi connectivity index (χ3v) is 5.61. The zero-order valence-corrected chi connectivity index (χ0v) is 17.6. The Morgan fingerprint density at radius 3 is 2.67 bits per heavy atom. The van der Waals surface area contributed by atoms with Crippen LogP contribution in [-0.4, -0.2) is 22.5 Å². The van der Waals surface area contributed by atoms with Gasteiger partial charge in [-0.3, -0.25) is 0 Å². The second-order valence-corrected chi connectivity index (χ2v) is 8.42. The molecule has 0 spiro atoms. The molecule has 0 amide bonds. The van der Waals surface area contributed by atoms with Crippen LogP contribution in [0.25, 0.3) is 10.2 Å². The van der Waals surface area contributed by atoms with Gasteiger partial charge in [0.25, 0.3) is 0 Å². The Kier molecular flexibility index (Phi) is 5.67. The molecule has 0 fully saturated rings. The van der Waals surface area contributed by atoms with Gasteiger partial charge in [-0.15, -0.1) is 11.3 Å². The quantitative estimate of drug-likeness (QED) is 0.543. The van der Waals surface area contributed by atoms with E-state index in [0.717, 1.165) is 32.6 Å². The summed E-state index contributed by atoms with van der Waals surface area (Å²) in [5, 5.41) is 4.77. The third-order valence-electron chi connectivity index (χ3n) is 4.14. The number of hydrogen-bond donors (Lipinski definition) is 1. The van der Waals surface area contributed by atoms with Gasteiger partial charge in [-0.2, -0.15) is 0 Å². The van der Waals surface area contributed by atoms with E-state index in [4.69, 9.17) is 16.3 Å². The van der Waals surface area contributed by atoms with E-state index in [1.807, 2.05) is 40.7 Å². The lowest BCUT2D eigenvalue weighted by molar-refractivity contribution is 0.0464. The number of halogens is 1. The number of thiophene rings is 1. The number of esters is 1. The Morgan fingerprint density at radius 1 is 1.26 bits per heavy atom. The lowest BCUT2D eigenvalue weighted by Gasteiger charge is -2.13. The molecule has 0 saturated heterocycles. The van der Waals surface area contributed by atoms with Gasteiger partial charge in [0.2, 0.25) is 0 Å². The van der Waals surface area contributed by atoms with Gasteiger partial charge in [0.1, 0.15) is 21.9 Å². The van der Waals surface area contributed by atoms with Crippen LogP contribution in [0.5, 0.6) is 0 Å². The Morgan fingerprint density at radius 2 is 2.00 bits per heavy atom. The van der Waals surface area contributed by atoms with Gasteiger partial charge in [0, 0.05) is 0 Å². The first-order valence-corrected chi connectivity index (χ1v) is 9.92. The number of carbonyl (C=O) groups is 1. The molecule has 27 heavy (non-hydrogen) atoms. The van der Waals surface area contributed by atoms with Crippen molar-refractivity contribution in [2.75, 3.05) is 11.9 Å². The largest absolute Gasteiger partial charge is 0.461 e. The molecule has 3 aromatic rings. The molecule has 0 bridgehead atoms. The van der Waals surface area contributed by atoms with Crippen LogP contribution in [0.1, 0.15) is 40.2 Å². The van der Waals surface area contributed by atoms with Crippen molar-refractivity contribution in [1.82, 2.24) is 9.97 Å². The molecule has 0 saturated carbocycles. The number of fused-ring (bicyclic) bond motifs is 1. The third kappa shape index (κ3) is 4.06. The van der Waals surface area contributed by atoms with Gasteiger partial charge in [-0.05, 0) is 49.4 Å². The molecule has 2 heterocycles. The molecule has 1 aromatic carbocycles. The highest BCUT2D eigenvalue weighted by Gasteiger charge is 2.21. The summed E-state index contributed by atoms with van der Waals surface area (Å²) in [6, 6.07) is 3.96. The van der Waals surface area contributed by atoms with Crippen LogP contribution in [0.2, 0.25) is 5.02 Å². The van der Waals surface area contributed by atoms with Gasteiger partial charge >= 0.3 is 5.97 Å². The van der Waals surface area contributed by atoms with Crippen LogP contribution < -0.4 is 5.32 Å². The van der Waals surface area contributed by atoms with Crippen molar-refractivity contribution in [3.05, 3.63) is 45.1 Å². The molecule has 0 atom stereocenters. The minimum atomic E-state index is -0.320. The monoisotopic (exact) mass is 403 g/mol. The number of anilines is 2. The fraction of sp³-hybridized carbons (Fsp3) is 0.350. The number of nitrogens with zero attached hydrogens (tertiary/aromatic N) is 2. The summed E-state index contributed by atoms with van der Waals surface area (Å²) < 4.78 is 5.39. The van der Waals surface area contributed by atoms with Gasteiger partial charge in [-0.25, -0.2) is 14.8 Å². The highest BCUT2D eigenvalue weighted by atomic mass is 35.5. The molecule has 0 aliphatic heterocycles. The minimum absolute atomic E-state index is 0.285. The van der Waals surface area contributed by atoms with E-state index < -0.39 is 0 Å². The first kappa shape index (κ1) is 19.6. The van der Waals surface area contributed by atoms with Crippen molar-refractivity contribution in [1.29, 1.82) is 0 Å². The van der Waals surface area contributed by atoms with Gasteiger partial charge in [-0.1, -0.05) is 31.5 Å².